The van der Waals surface area contributed by atoms with Crippen LogP contribution in [0.4, 0.5) is 0 Å². The molecule has 9 heteroatoms. The predicted molar refractivity (Wildman–Crippen MR) is 121 cm³/mol. The largest absolute Gasteiger partial charge is 0.504 e. The lowest BCUT2D eigenvalue weighted by Crippen LogP contribution is -2.49. The molecule has 2 aliphatic rings. The molecule has 2 aliphatic heterocycles. The van der Waals surface area contributed by atoms with Crippen LogP contribution in [0.3, 0.4) is 0 Å². The summed E-state index contributed by atoms with van der Waals surface area (Å²) in [5.41, 5.74) is 1.34. The topological polar surface area (TPSA) is 135 Å². The Morgan fingerprint density at radius 1 is 1.12 bits per heavy atom. The van der Waals surface area contributed by atoms with Crippen molar-refractivity contribution in [2.75, 3.05) is 27.3 Å². The number of nitrogens with two attached hydrogens (primary N) is 1. The number of nitrogens with zero attached hydrogens (tertiary/aromatic N) is 1. The van der Waals surface area contributed by atoms with Crippen LogP contribution in [0.2, 0.25) is 0 Å². The van der Waals surface area contributed by atoms with Crippen molar-refractivity contribution < 1.29 is 34.4 Å². The second-order valence-electron chi connectivity index (χ2n) is 8.19. The number of methoxy groups -OCH3 is 2. The first-order valence-corrected chi connectivity index (χ1v) is 11.1. The summed E-state index contributed by atoms with van der Waals surface area (Å²) in [5, 5.41) is 28.2. The number of hydrogen-bond donors (Lipinski definition) is 4. The van der Waals surface area contributed by atoms with Crippen LogP contribution in [0.5, 0.6) is 23.0 Å². The van der Waals surface area contributed by atoms with E-state index in [0.717, 1.165) is 19.5 Å². The highest BCUT2D eigenvalue weighted by molar-refractivity contribution is 5.68. The van der Waals surface area contributed by atoms with Gasteiger partial charge in [-0.15, -0.1) is 0 Å². The number of phenols is 2. The molecule has 184 valence electrons. The fraction of sp³-hybridized carbons (Fsp3) is 0.696. The minimum atomic E-state index is -0.289. The third-order valence-corrected chi connectivity index (χ3v) is 5.88. The summed E-state index contributed by atoms with van der Waals surface area (Å²) in [7, 11) is 2.87. The van der Waals surface area contributed by atoms with Crippen molar-refractivity contribution in [1.82, 2.24) is 4.90 Å². The number of rotatable bonds is 5. The van der Waals surface area contributed by atoms with Crippen molar-refractivity contribution >= 4 is 5.97 Å². The van der Waals surface area contributed by atoms with E-state index in [1.54, 1.807) is 0 Å². The van der Waals surface area contributed by atoms with Gasteiger partial charge in [0.05, 0.1) is 14.2 Å². The Balaban J connectivity index is 0.00000121. The number of benzene rings is 1. The van der Waals surface area contributed by atoms with Gasteiger partial charge in [-0.1, -0.05) is 27.7 Å². The van der Waals surface area contributed by atoms with Crippen molar-refractivity contribution in [3.05, 3.63) is 11.1 Å². The molecule has 1 saturated heterocycles. The predicted octanol–water partition coefficient (Wildman–Crippen LogP) is 3.37. The number of carbonyl (C=O) groups is 1. The zero-order valence-corrected chi connectivity index (χ0v) is 20.3. The number of esters is 1. The third kappa shape index (κ3) is 5.76. The Bertz CT molecular complexity index is 755. The Hall–Kier alpha value is -2.23. The average Bonchev–Trinajstić information content (AvgIpc) is 2.77. The summed E-state index contributed by atoms with van der Waals surface area (Å²) in [4.78, 5) is 14.0. The fourth-order valence-electron chi connectivity index (χ4n) is 4.84. The van der Waals surface area contributed by atoms with Crippen LogP contribution in [0.1, 0.15) is 64.6 Å². The second-order valence-corrected chi connectivity index (χ2v) is 8.19. The van der Waals surface area contributed by atoms with E-state index in [-0.39, 0.29) is 47.0 Å². The number of fused-ring (bicyclic) bond motifs is 3. The van der Waals surface area contributed by atoms with E-state index < -0.39 is 0 Å². The van der Waals surface area contributed by atoms with Gasteiger partial charge in [-0.05, 0) is 18.8 Å². The minimum Gasteiger partial charge on any atom is -0.504 e. The molecule has 1 aromatic carbocycles. The highest BCUT2D eigenvalue weighted by Gasteiger charge is 2.43. The van der Waals surface area contributed by atoms with Crippen LogP contribution >= 0.6 is 0 Å². The third-order valence-electron chi connectivity index (χ3n) is 5.88. The van der Waals surface area contributed by atoms with Gasteiger partial charge in [0.2, 0.25) is 11.5 Å². The van der Waals surface area contributed by atoms with Crippen LogP contribution in [-0.2, 0) is 16.0 Å². The van der Waals surface area contributed by atoms with Crippen LogP contribution < -0.4 is 15.4 Å². The van der Waals surface area contributed by atoms with Crippen LogP contribution in [-0.4, -0.2) is 59.7 Å². The number of piperidine rings is 1. The Labute approximate surface area is 191 Å². The Morgan fingerprint density at radius 2 is 1.69 bits per heavy atom. The van der Waals surface area contributed by atoms with Crippen molar-refractivity contribution in [2.45, 2.75) is 66.0 Å². The van der Waals surface area contributed by atoms with E-state index in [2.05, 4.69) is 24.6 Å². The lowest BCUT2D eigenvalue weighted by atomic mass is 9.78. The molecule has 3 rings (SSSR count). The van der Waals surface area contributed by atoms with E-state index >= 15 is 0 Å². The minimum absolute atomic E-state index is 0.00858. The summed E-state index contributed by atoms with van der Waals surface area (Å²) >= 11 is 0. The van der Waals surface area contributed by atoms with Crippen molar-refractivity contribution in [1.29, 1.82) is 0 Å². The van der Waals surface area contributed by atoms with Gasteiger partial charge in [-0.2, -0.15) is 0 Å². The smallest absolute Gasteiger partial charge is 0.302 e. The number of hydrogen-bond acceptors (Lipinski definition) is 9. The molecule has 0 radical (unpaired) electrons. The number of ether oxygens (including phenoxy) is 3. The Morgan fingerprint density at radius 3 is 2.19 bits per heavy atom. The highest BCUT2D eigenvalue weighted by atomic mass is 16.5. The van der Waals surface area contributed by atoms with E-state index in [4.69, 9.17) is 19.4 Å². The van der Waals surface area contributed by atoms with Gasteiger partial charge >= 0.3 is 5.97 Å². The van der Waals surface area contributed by atoms with E-state index in [1.165, 1.54) is 21.1 Å². The monoisotopic (exact) mass is 456 g/mol. The zero-order valence-electron chi connectivity index (χ0n) is 20.3. The molecular formula is C23H40N2O7. The van der Waals surface area contributed by atoms with Crippen LogP contribution in [0.25, 0.3) is 0 Å². The van der Waals surface area contributed by atoms with Gasteiger partial charge in [-0.25, -0.2) is 5.90 Å². The first-order chi connectivity index (χ1) is 15.3. The number of aromatic hydroxyl groups is 2. The average molecular weight is 457 g/mol. The molecule has 2 heterocycles. The fourth-order valence-corrected chi connectivity index (χ4v) is 4.84. The summed E-state index contributed by atoms with van der Waals surface area (Å²) in [6.07, 6.45) is 1.93. The molecule has 1 aromatic rings. The van der Waals surface area contributed by atoms with Gasteiger partial charge in [0, 0.05) is 49.5 Å². The van der Waals surface area contributed by atoms with Gasteiger partial charge in [0.1, 0.15) is 6.10 Å². The number of phenolic OH excluding ortho intramolecular Hbond substituents is 2. The second kappa shape index (κ2) is 12.7. The molecule has 0 amide bonds. The van der Waals surface area contributed by atoms with Gasteiger partial charge in [-0.3, -0.25) is 9.69 Å². The molecule has 9 nitrogen and oxygen atoms in total. The Kier molecular flexibility index (Phi) is 11.0. The lowest BCUT2D eigenvalue weighted by Gasteiger charge is -2.47. The molecule has 0 spiro atoms. The summed E-state index contributed by atoms with van der Waals surface area (Å²) < 4.78 is 16.3. The normalized spacial score (nSPS) is 21.8. The lowest BCUT2D eigenvalue weighted by molar-refractivity contribution is -0.154. The molecular weight excluding hydrogens is 416 g/mol. The maximum atomic E-state index is 11.7. The molecule has 3 unspecified atom stereocenters. The molecule has 0 aliphatic carbocycles. The summed E-state index contributed by atoms with van der Waals surface area (Å²) in [5.74, 6) is 4.25. The highest BCUT2D eigenvalue weighted by Crippen LogP contribution is 2.54. The van der Waals surface area contributed by atoms with E-state index in [0.29, 0.717) is 29.9 Å². The first-order valence-electron chi connectivity index (χ1n) is 11.1. The molecule has 0 aromatic heterocycles. The van der Waals surface area contributed by atoms with Gasteiger partial charge < -0.3 is 29.6 Å². The SMILES string of the molecule is CC.COc1c(O)c2c(c(O)c1OC)C1CC(OC(C)=O)C(CC(C)C)CN1CC2.NO. The van der Waals surface area contributed by atoms with Crippen LogP contribution in [0, 0.1) is 11.8 Å². The van der Waals surface area contributed by atoms with Gasteiger partial charge in [0.25, 0.3) is 0 Å². The molecule has 32 heavy (non-hydrogen) atoms. The molecule has 1 fully saturated rings. The summed E-state index contributed by atoms with van der Waals surface area (Å²) in [6, 6.07) is -0.151. The quantitative estimate of drug-likeness (QED) is 0.299. The van der Waals surface area contributed by atoms with Crippen molar-refractivity contribution in [3.63, 3.8) is 0 Å². The van der Waals surface area contributed by atoms with Crippen molar-refractivity contribution in [2.24, 2.45) is 17.7 Å². The molecule has 0 bridgehead atoms. The first kappa shape index (κ1) is 27.8. The number of carbonyl (C=O) groups excluding carboxylic acids is 1. The zero-order chi connectivity index (χ0) is 24.6. The van der Waals surface area contributed by atoms with Gasteiger partial charge in [0.15, 0.2) is 11.5 Å². The van der Waals surface area contributed by atoms with E-state index in [9.17, 15) is 15.0 Å². The molecule has 0 saturated carbocycles. The molecule has 3 atom stereocenters. The summed E-state index contributed by atoms with van der Waals surface area (Å²) in [6.45, 7) is 11.3. The maximum Gasteiger partial charge on any atom is 0.302 e. The van der Waals surface area contributed by atoms with E-state index in [1.807, 2.05) is 13.8 Å². The maximum absolute atomic E-state index is 11.7. The molecule has 5 N–H and O–H groups in total. The van der Waals surface area contributed by atoms with Crippen LogP contribution in [0.15, 0.2) is 0 Å². The van der Waals surface area contributed by atoms with Crippen molar-refractivity contribution in [3.8, 4) is 23.0 Å². The standard InChI is InChI=1S/C21H31NO6.C2H6.H3NO/c1-11(2)8-13-10-22-7-6-14-17(15(22)9-16(13)28-12(3)23)19(25)21(27-5)20(26-4)18(14)24;2*1-2/h11,13,15-16,24-25H,6-10H2,1-5H3;1-2H3;2H,1H2.